The predicted molar refractivity (Wildman–Crippen MR) is 59.7 cm³/mol. The first-order valence-corrected chi connectivity index (χ1v) is 5.49. The van der Waals surface area contributed by atoms with E-state index in [0.717, 1.165) is 12.8 Å². The van der Waals surface area contributed by atoms with Crippen LogP contribution in [-0.4, -0.2) is 34.0 Å². The molecule has 0 radical (unpaired) electrons. The van der Waals surface area contributed by atoms with Crippen molar-refractivity contribution in [1.29, 1.82) is 0 Å². The van der Waals surface area contributed by atoms with Gasteiger partial charge >= 0.3 is 5.97 Å². The number of hydrogen-bond donors (Lipinski definition) is 1. The van der Waals surface area contributed by atoms with E-state index in [2.05, 4.69) is 5.92 Å². The maximum absolute atomic E-state index is 11.8. The Kier molecular flexibility index (Phi) is 3.94. The van der Waals surface area contributed by atoms with Gasteiger partial charge in [0.05, 0.1) is 0 Å². The predicted octanol–water partition coefficient (Wildman–Crippen LogP) is 1.26. The van der Waals surface area contributed by atoms with Crippen LogP contribution in [0.4, 0.5) is 0 Å². The van der Waals surface area contributed by atoms with Crippen molar-refractivity contribution in [3.8, 4) is 12.3 Å². The van der Waals surface area contributed by atoms with Crippen LogP contribution >= 0.6 is 0 Å². The standard InChI is InChI=1S/C12H17NO3/c1-3-4-7-10(14)13-9-6-5-8-12(13,2)11(15)16/h1H,4-9H2,2H3,(H,15,16). The molecule has 1 saturated heterocycles. The summed E-state index contributed by atoms with van der Waals surface area (Å²) in [6.07, 6.45) is 7.93. The van der Waals surface area contributed by atoms with Crippen molar-refractivity contribution in [3.63, 3.8) is 0 Å². The van der Waals surface area contributed by atoms with Crippen molar-refractivity contribution in [2.75, 3.05) is 6.54 Å². The minimum Gasteiger partial charge on any atom is -0.480 e. The lowest BCUT2D eigenvalue weighted by Crippen LogP contribution is -2.57. The summed E-state index contributed by atoms with van der Waals surface area (Å²) >= 11 is 0. The number of nitrogens with zero attached hydrogens (tertiary/aromatic N) is 1. The zero-order valence-electron chi connectivity index (χ0n) is 9.53. The fraction of sp³-hybridized carbons (Fsp3) is 0.667. The van der Waals surface area contributed by atoms with E-state index in [9.17, 15) is 14.7 Å². The highest BCUT2D eigenvalue weighted by Crippen LogP contribution is 2.28. The maximum Gasteiger partial charge on any atom is 0.329 e. The summed E-state index contributed by atoms with van der Waals surface area (Å²) in [5.74, 6) is 1.32. The quantitative estimate of drug-likeness (QED) is 0.733. The second-order valence-electron chi connectivity index (χ2n) is 4.29. The van der Waals surface area contributed by atoms with Crippen molar-refractivity contribution < 1.29 is 14.7 Å². The molecule has 0 bridgehead atoms. The van der Waals surface area contributed by atoms with E-state index in [0.29, 0.717) is 19.4 Å². The van der Waals surface area contributed by atoms with Gasteiger partial charge in [0.15, 0.2) is 0 Å². The molecule has 0 aromatic carbocycles. The minimum absolute atomic E-state index is 0.150. The molecule has 4 nitrogen and oxygen atoms in total. The number of carboxylic acids is 1. The minimum atomic E-state index is -1.05. The Bertz CT molecular complexity index is 332. The molecular formula is C12H17NO3. The summed E-state index contributed by atoms with van der Waals surface area (Å²) in [4.78, 5) is 24.5. The van der Waals surface area contributed by atoms with Gasteiger partial charge in [0, 0.05) is 19.4 Å². The second kappa shape index (κ2) is 5.02. The SMILES string of the molecule is C#CCCC(=O)N1CCCCC1(C)C(=O)O. The number of aliphatic carboxylic acids is 1. The summed E-state index contributed by atoms with van der Waals surface area (Å²) < 4.78 is 0. The monoisotopic (exact) mass is 223 g/mol. The molecule has 0 spiro atoms. The molecule has 1 aliphatic heterocycles. The molecule has 1 heterocycles. The Labute approximate surface area is 95.6 Å². The van der Waals surface area contributed by atoms with Crippen LogP contribution in [0.1, 0.15) is 39.0 Å². The lowest BCUT2D eigenvalue weighted by Gasteiger charge is -2.41. The third kappa shape index (κ3) is 2.35. The maximum atomic E-state index is 11.8. The topological polar surface area (TPSA) is 57.6 Å². The summed E-state index contributed by atoms with van der Waals surface area (Å²) in [6, 6.07) is 0. The first-order chi connectivity index (χ1) is 7.52. The van der Waals surface area contributed by atoms with Crippen LogP contribution in [0.5, 0.6) is 0 Å². The van der Waals surface area contributed by atoms with Gasteiger partial charge in [-0.2, -0.15) is 0 Å². The van der Waals surface area contributed by atoms with Crippen LogP contribution in [0.2, 0.25) is 0 Å². The number of carbonyl (C=O) groups is 2. The summed E-state index contributed by atoms with van der Waals surface area (Å²) in [5.41, 5.74) is -1.05. The molecule has 1 aliphatic rings. The number of rotatable bonds is 3. The van der Waals surface area contributed by atoms with Crippen molar-refractivity contribution in [2.45, 2.75) is 44.6 Å². The second-order valence-corrected chi connectivity index (χ2v) is 4.29. The van der Waals surface area contributed by atoms with Crippen LogP contribution in [0.3, 0.4) is 0 Å². The number of carboxylic acid groups (broad SMARTS) is 1. The third-order valence-corrected chi connectivity index (χ3v) is 3.14. The van der Waals surface area contributed by atoms with Crippen LogP contribution < -0.4 is 0 Å². The average Bonchev–Trinajstić information content (AvgIpc) is 2.26. The van der Waals surface area contributed by atoms with E-state index in [1.54, 1.807) is 6.92 Å². The Morgan fingerprint density at radius 1 is 1.50 bits per heavy atom. The van der Waals surface area contributed by atoms with Crippen molar-refractivity contribution in [1.82, 2.24) is 4.90 Å². The third-order valence-electron chi connectivity index (χ3n) is 3.14. The van der Waals surface area contributed by atoms with Gasteiger partial charge in [0.1, 0.15) is 5.54 Å². The van der Waals surface area contributed by atoms with Gasteiger partial charge < -0.3 is 10.0 Å². The fourth-order valence-electron chi connectivity index (χ4n) is 2.06. The molecule has 0 aromatic rings. The lowest BCUT2D eigenvalue weighted by molar-refractivity contribution is -0.160. The van der Waals surface area contributed by atoms with Gasteiger partial charge in [-0.3, -0.25) is 4.79 Å². The average molecular weight is 223 g/mol. The highest BCUT2D eigenvalue weighted by atomic mass is 16.4. The fourth-order valence-corrected chi connectivity index (χ4v) is 2.06. The molecule has 0 aliphatic carbocycles. The van der Waals surface area contributed by atoms with Crippen molar-refractivity contribution in [2.24, 2.45) is 0 Å². The Hall–Kier alpha value is -1.50. The van der Waals surface area contributed by atoms with E-state index in [-0.39, 0.29) is 12.3 Å². The summed E-state index contributed by atoms with van der Waals surface area (Å²) in [5, 5.41) is 9.21. The molecule has 1 fully saturated rings. The van der Waals surface area contributed by atoms with Crippen LogP contribution in [-0.2, 0) is 9.59 Å². The van der Waals surface area contributed by atoms with E-state index in [1.807, 2.05) is 0 Å². The van der Waals surface area contributed by atoms with Crippen LogP contribution in [0, 0.1) is 12.3 Å². The van der Waals surface area contributed by atoms with Gasteiger partial charge in [-0.25, -0.2) is 4.79 Å². The zero-order chi connectivity index (χ0) is 12.2. The first-order valence-electron chi connectivity index (χ1n) is 5.49. The first kappa shape index (κ1) is 12.6. The molecule has 1 amide bonds. The number of piperidine rings is 1. The molecule has 1 rings (SSSR count). The Balaban J connectivity index is 2.79. The molecular weight excluding hydrogens is 206 g/mol. The molecule has 0 saturated carbocycles. The number of terminal acetylenes is 1. The largest absolute Gasteiger partial charge is 0.480 e. The lowest BCUT2D eigenvalue weighted by atomic mass is 9.88. The highest BCUT2D eigenvalue weighted by Gasteiger charge is 2.43. The molecule has 88 valence electrons. The molecule has 1 N–H and O–H groups in total. The Morgan fingerprint density at radius 3 is 2.75 bits per heavy atom. The van der Waals surface area contributed by atoms with Crippen LogP contribution in [0.25, 0.3) is 0 Å². The van der Waals surface area contributed by atoms with Gasteiger partial charge in [0.2, 0.25) is 5.91 Å². The van der Waals surface area contributed by atoms with Gasteiger partial charge in [0.25, 0.3) is 0 Å². The molecule has 0 aromatic heterocycles. The molecule has 4 heteroatoms. The smallest absolute Gasteiger partial charge is 0.329 e. The highest BCUT2D eigenvalue weighted by molar-refractivity contribution is 5.87. The Morgan fingerprint density at radius 2 is 2.19 bits per heavy atom. The normalized spacial score (nSPS) is 24.9. The van der Waals surface area contributed by atoms with Crippen molar-refractivity contribution >= 4 is 11.9 Å². The summed E-state index contributed by atoms with van der Waals surface area (Å²) in [6.45, 7) is 2.13. The van der Waals surface area contributed by atoms with Crippen molar-refractivity contribution in [3.05, 3.63) is 0 Å². The van der Waals surface area contributed by atoms with Gasteiger partial charge in [-0.1, -0.05) is 0 Å². The van der Waals surface area contributed by atoms with Crippen LogP contribution in [0.15, 0.2) is 0 Å². The van der Waals surface area contributed by atoms with E-state index in [1.165, 1.54) is 4.90 Å². The van der Waals surface area contributed by atoms with E-state index < -0.39 is 11.5 Å². The number of carbonyl (C=O) groups excluding carboxylic acids is 1. The number of likely N-dealkylation sites (tertiary alicyclic amines) is 1. The molecule has 1 unspecified atom stereocenters. The zero-order valence-corrected chi connectivity index (χ0v) is 9.53. The van der Waals surface area contributed by atoms with E-state index >= 15 is 0 Å². The number of amides is 1. The van der Waals surface area contributed by atoms with Gasteiger partial charge in [-0.15, -0.1) is 12.3 Å². The molecule has 1 atom stereocenters. The van der Waals surface area contributed by atoms with Gasteiger partial charge in [-0.05, 0) is 26.2 Å². The number of hydrogen-bond acceptors (Lipinski definition) is 2. The molecule has 16 heavy (non-hydrogen) atoms. The van der Waals surface area contributed by atoms with E-state index in [4.69, 9.17) is 6.42 Å². The summed E-state index contributed by atoms with van der Waals surface area (Å²) in [7, 11) is 0.